The first-order valence-corrected chi connectivity index (χ1v) is 9.75. The number of fused-ring (bicyclic) bond motifs is 1. The second-order valence-electron chi connectivity index (χ2n) is 6.78. The van der Waals surface area contributed by atoms with E-state index in [1.54, 1.807) is 28.8 Å². The molecule has 0 saturated carbocycles. The van der Waals surface area contributed by atoms with Crippen molar-refractivity contribution >= 4 is 35.2 Å². The van der Waals surface area contributed by atoms with E-state index in [1.807, 2.05) is 31.3 Å². The molecule has 2 heterocycles. The van der Waals surface area contributed by atoms with Gasteiger partial charge in [-0.1, -0.05) is 0 Å². The van der Waals surface area contributed by atoms with Crippen LogP contribution in [0.2, 0.25) is 0 Å². The Balaban J connectivity index is 1.80. The van der Waals surface area contributed by atoms with Crippen LogP contribution in [0.3, 0.4) is 0 Å². The lowest BCUT2D eigenvalue weighted by molar-refractivity contribution is -0.119. The van der Waals surface area contributed by atoms with Crippen molar-refractivity contribution in [2.24, 2.45) is 0 Å². The molecule has 1 fully saturated rings. The summed E-state index contributed by atoms with van der Waals surface area (Å²) in [7, 11) is 3.79. The normalized spacial score (nSPS) is 20.9. The van der Waals surface area contributed by atoms with Crippen LogP contribution in [0, 0.1) is 0 Å². The molecule has 3 rings (SSSR count). The minimum atomic E-state index is -0.437. The highest BCUT2D eigenvalue weighted by molar-refractivity contribution is 8.04. The van der Waals surface area contributed by atoms with Gasteiger partial charge in [0.1, 0.15) is 6.10 Å². The first-order valence-electron chi connectivity index (χ1n) is 8.76. The molecular weight excluding hydrogens is 366 g/mol. The van der Waals surface area contributed by atoms with Gasteiger partial charge in [0.25, 0.3) is 0 Å². The van der Waals surface area contributed by atoms with E-state index in [0.717, 1.165) is 22.6 Å². The fourth-order valence-electron chi connectivity index (χ4n) is 3.07. The summed E-state index contributed by atoms with van der Waals surface area (Å²) in [6.45, 7) is 2.08. The Kier molecular flexibility index (Phi) is 5.74. The van der Waals surface area contributed by atoms with Crippen LogP contribution in [-0.2, 0) is 16.0 Å². The van der Waals surface area contributed by atoms with E-state index in [9.17, 15) is 14.4 Å². The van der Waals surface area contributed by atoms with Gasteiger partial charge in [-0.15, -0.1) is 11.8 Å². The number of Topliss-reactive ketones (excluding diaryl/α,β-unsaturated/α-hetero) is 1. The van der Waals surface area contributed by atoms with Crippen LogP contribution in [0.15, 0.2) is 29.3 Å². The summed E-state index contributed by atoms with van der Waals surface area (Å²) in [5, 5.41) is 2.66. The van der Waals surface area contributed by atoms with Crippen LogP contribution in [0.25, 0.3) is 0 Å². The summed E-state index contributed by atoms with van der Waals surface area (Å²) in [5.74, 6) is 0.657. The van der Waals surface area contributed by atoms with Gasteiger partial charge in [-0.25, -0.2) is 4.79 Å². The summed E-state index contributed by atoms with van der Waals surface area (Å²) in [4.78, 5) is 40.2. The number of nitrogens with zero attached hydrogens (tertiary/aromatic N) is 2. The van der Waals surface area contributed by atoms with Crippen molar-refractivity contribution in [3.8, 4) is 0 Å². The first kappa shape index (κ1) is 19.3. The summed E-state index contributed by atoms with van der Waals surface area (Å²) in [6.07, 6.45) is 1.78. The zero-order valence-corrected chi connectivity index (χ0v) is 16.5. The predicted octanol–water partition coefficient (Wildman–Crippen LogP) is 2.02. The molecule has 8 heteroatoms. The molecule has 0 bridgehead atoms. The quantitative estimate of drug-likeness (QED) is 0.794. The Bertz CT molecular complexity index is 806. The number of benzene rings is 1. The second kappa shape index (κ2) is 8.04. The number of cyclic esters (lactones) is 1. The number of thioether (sulfide) groups is 1. The Labute approximate surface area is 162 Å². The number of rotatable bonds is 4. The number of carbonyl (C=O) groups is 3. The fraction of sp³-hybridized carbons (Fsp3) is 0.421. The standard InChI is InChI=1S/C19H23N3O4S/c1-12(23)20-9-15-10-22(19(25)26-15)14-4-5-16-13(8-14)6-7-27-17(18(16)24)11-21(2)3/h4-5,8,11,15H,6-7,9-10H2,1-3H3,(H,20,23)/b17-11-/t15-/m0/s1. The van der Waals surface area contributed by atoms with E-state index >= 15 is 0 Å². The molecule has 0 radical (unpaired) electrons. The molecule has 0 aromatic heterocycles. The van der Waals surface area contributed by atoms with Gasteiger partial charge in [0, 0.05) is 44.2 Å². The molecule has 2 amide bonds. The minimum absolute atomic E-state index is 0.0142. The zero-order chi connectivity index (χ0) is 19.6. The molecule has 0 unspecified atom stereocenters. The number of allylic oxidation sites excluding steroid dienone is 1. The summed E-state index contributed by atoms with van der Waals surface area (Å²) < 4.78 is 5.32. The zero-order valence-electron chi connectivity index (χ0n) is 15.7. The average molecular weight is 389 g/mol. The van der Waals surface area contributed by atoms with E-state index in [2.05, 4.69) is 5.32 Å². The summed E-state index contributed by atoms with van der Waals surface area (Å²) in [6, 6.07) is 5.47. The third-order valence-corrected chi connectivity index (χ3v) is 5.34. The van der Waals surface area contributed by atoms with Crippen LogP contribution in [0.1, 0.15) is 22.8 Å². The second-order valence-corrected chi connectivity index (χ2v) is 7.92. The van der Waals surface area contributed by atoms with Crippen molar-refractivity contribution in [2.75, 3.05) is 37.8 Å². The van der Waals surface area contributed by atoms with Gasteiger partial charge in [0.2, 0.25) is 11.7 Å². The third kappa shape index (κ3) is 4.44. The van der Waals surface area contributed by atoms with E-state index < -0.39 is 6.09 Å². The maximum Gasteiger partial charge on any atom is 0.414 e. The molecule has 1 aromatic carbocycles. The average Bonchev–Trinajstić information content (AvgIpc) is 2.91. The molecule has 2 aliphatic heterocycles. The van der Waals surface area contributed by atoms with Gasteiger partial charge in [-0.2, -0.15) is 0 Å². The van der Waals surface area contributed by atoms with Crippen LogP contribution in [0.4, 0.5) is 10.5 Å². The number of amides is 2. The molecule has 0 aliphatic carbocycles. The van der Waals surface area contributed by atoms with E-state index in [1.165, 1.54) is 6.92 Å². The number of ketones is 1. The molecule has 27 heavy (non-hydrogen) atoms. The Morgan fingerprint density at radius 3 is 2.89 bits per heavy atom. The highest BCUT2D eigenvalue weighted by atomic mass is 32.2. The lowest BCUT2D eigenvalue weighted by Gasteiger charge is -2.16. The number of hydrogen-bond donors (Lipinski definition) is 1. The van der Waals surface area contributed by atoms with Gasteiger partial charge in [-0.3, -0.25) is 14.5 Å². The van der Waals surface area contributed by atoms with Crippen molar-refractivity contribution in [3.05, 3.63) is 40.4 Å². The van der Waals surface area contributed by atoms with E-state index in [-0.39, 0.29) is 24.3 Å². The molecule has 0 spiro atoms. The molecule has 1 saturated heterocycles. The van der Waals surface area contributed by atoms with Crippen molar-refractivity contribution < 1.29 is 19.1 Å². The number of carbonyl (C=O) groups excluding carboxylic acids is 3. The third-order valence-electron chi connectivity index (χ3n) is 4.33. The van der Waals surface area contributed by atoms with Crippen LogP contribution >= 0.6 is 11.8 Å². The number of anilines is 1. The predicted molar refractivity (Wildman–Crippen MR) is 105 cm³/mol. The Morgan fingerprint density at radius 1 is 1.41 bits per heavy atom. The van der Waals surface area contributed by atoms with Gasteiger partial charge < -0.3 is 15.0 Å². The fourth-order valence-corrected chi connectivity index (χ4v) is 4.14. The Hall–Kier alpha value is -2.48. The SMILES string of the molecule is CC(=O)NC[C@H]1CN(c2ccc3c(c2)CCS/C(=C\N(C)C)C3=O)C(=O)O1. The van der Waals surface area contributed by atoms with Crippen LogP contribution in [0.5, 0.6) is 0 Å². The molecule has 2 aliphatic rings. The highest BCUT2D eigenvalue weighted by Gasteiger charge is 2.33. The number of ether oxygens (including phenoxy) is 1. The number of hydrogen-bond acceptors (Lipinski definition) is 6. The molecule has 1 N–H and O–H groups in total. The lowest BCUT2D eigenvalue weighted by atomic mass is 10.00. The van der Waals surface area contributed by atoms with Gasteiger partial charge in [0.05, 0.1) is 18.0 Å². The largest absolute Gasteiger partial charge is 0.442 e. The monoisotopic (exact) mass is 389 g/mol. The number of aryl methyl sites for hydroxylation is 1. The molecule has 144 valence electrons. The summed E-state index contributed by atoms with van der Waals surface area (Å²) in [5.41, 5.74) is 2.33. The van der Waals surface area contributed by atoms with Crippen molar-refractivity contribution in [1.29, 1.82) is 0 Å². The van der Waals surface area contributed by atoms with Crippen molar-refractivity contribution in [3.63, 3.8) is 0 Å². The van der Waals surface area contributed by atoms with Gasteiger partial charge >= 0.3 is 6.09 Å². The molecule has 1 atom stereocenters. The first-order chi connectivity index (χ1) is 12.8. The summed E-state index contributed by atoms with van der Waals surface area (Å²) >= 11 is 1.55. The molecule has 1 aromatic rings. The lowest BCUT2D eigenvalue weighted by Crippen LogP contribution is -2.33. The number of nitrogens with one attached hydrogen (secondary N) is 1. The van der Waals surface area contributed by atoms with Crippen molar-refractivity contribution in [2.45, 2.75) is 19.4 Å². The molecule has 7 nitrogen and oxygen atoms in total. The van der Waals surface area contributed by atoms with Crippen molar-refractivity contribution in [1.82, 2.24) is 10.2 Å². The molecular formula is C19H23N3O4S. The topological polar surface area (TPSA) is 79.0 Å². The van der Waals surface area contributed by atoms with E-state index in [4.69, 9.17) is 4.74 Å². The van der Waals surface area contributed by atoms with E-state index in [0.29, 0.717) is 17.8 Å². The Morgan fingerprint density at radius 2 is 2.19 bits per heavy atom. The smallest absolute Gasteiger partial charge is 0.414 e. The van der Waals surface area contributed by atoms with Gasteiger partial charge in [-0.05, 0) is 30.2 Å². The maximum atomic E-state index is 12.8. The van der Waals surface area contributed by atoms with Crippen LogP contribution < -0.4 is 10.2 Å². The maximum absolute atomic E-state index is 12.8. The highest BCUT2D eigenvalue weighted by Crippen LogP contribution is 2.32. The minimum Gasteiger partial charge on any atom is -0.442 e. The van der Waals surface area contributed by atoms with Crippen LogP contribution in [-0.4, -0.2) is 61.7 Å². The van der Waals surface area contributed by atoms with Gasteiger partial charge in [0.15, 0.2) is 0 Å².